The lowest BCUT2D eigenvalue weighted by molar-refractivity contribution is -0.122. The molecule has 1 aliphatic heterocycles. The van der Waals surface area contributed by atoms with Gasteiger partial charge in [-0.1, -0.05) is 6.92 Å². The van der Waals surface area contributed by atoms with Gasteiger partial charge in [0.1, 0.15) is 6.54 Å². The van der Waals surface area contributed by atoms with Crippen LogP contribution in [0.5, 0.6) is 0 Å². The van der Waals surface area contributed by atoms with Crippen LogP contribution in [0.4, 0.5) is 5.69 Å². The third kappa shape index (κ3) is 3.95. The second-order valence-corrected chi connectivity index (χ2v) is 5.02. The van der Waals surface area contributed by atoms with E-state index in [1.807, 2.05) is 6.92 Å². The highest BCUT2D eigenvalue weighted by Gasteiger charge is 2.39. The molecule has 2 heterocycles. The predicted molar refractivity (Wildman–Crippen MR) is 82.4 cm³/mol. The molecule has 8 heteroatoms. The Balaban J connectivity index is 0.00000220. The smallest absolute Gasteiger partial charge is 0.244 e. The van der Waals surface area contributed by atoms with Crippen molar-refractivity contribution in [3.05, 3.63) is 12.4 Å². The summed E-state index contributed by atoms with van der Waals surface area (Å²) in [5.41, 5.74) is 0.142. The van der Waals surface area contributed by atoms with Crippen molar-refractivity contribution < 1.29 is 9.59 Å². The summed E-state index contributed by atoms with van der Waals surface area (Å²) in [5.74, 6) is -0.162. The van der Waals surface area contributed by atoms with Crippen LogP contribution < -0.4 is 16.0 Å². The number of nitrogens with one attached hydrogen (secondary N) is 3. The molecule has 7 nitrogen and oxygen atoms in total. The average molecular weight is 316 g/mol. The molecule has 3 N–H and O–H groups in total. The number of likely N-dealkylation sites (N-methyl/N-ethyl adjacent to an activating group) is 1. The molecular formula is C13H22ClN5O2. The van der Waals surface area contributed by atoms with Gasteiger partial charge in [-0.25, -0.2) is 0 Å². The molecule has 0 aliphatic carbocycles. The van der Waals surface area contributed by atoms with E-state index in [1.54, 1.807) is 19.4 Å². The van der Waals surface area contributed by atoms with E-state index in [4.69, 9.17) is 0 Å². The van der Waals surface area contributed by atoms with E-state index < -0.39 is 5.54 Å². The molecule has 1 aliphatic rings. The Hall–Kier alpha value is -1.60. The van der Waals surface area contributed by atoms with Gasteiger partial charge in [0.05, 0.1) is 17.4 Å². The molecule has 1 atom stereocenters. The van der Waals surface area contributed by atoms with Gasteiger partial charge in [0, 0.05) is 13.2 Å². The van der Waals surface area contributed by atoms with E-state index in [9.17, 15) is 9.59 Å². The van der Waals surface area contributed by atoms with Gasteiger partial charge in [-0.15, -0.1) is 12.4 Å². The van der Waals surface area contributed by atoms with Gasteiger partial charge in [-0.05, 0) is 25.8 Å². The maximum atomic E-state index is 12.4. The molecule has 21 heavy (non-hydrogen) atoms. The van der Waals surface area contributed by atoms with E-state index in [0.717, 1.165) is 25.8 Å². The lowest BCUT2D eigenvalue weighted by Crippen LogP contribution is -2.50. The summed E-state index contributed by atoms with van der Waals surface area (Å²) in [6, 6.07) is 0. The summed E-state index contributed by atoms with van der Waals surface area (Å²) < 4.78 is 1.50. The zero-order chi connectivity index (χ0) is 14.6. The molecule has 2 rings (SSSR count). The van der Waals surface area contributed by atoms with Crippen molar-refractivity contribution in [2.45, 2.75) is 38.3 Å². The van der Waals surface area contributed by atoms with Crippen LogP contribution in [0.25, 0.3) is 0 Å². The zero-order valence-electron chi connectivity index (χ0n) is 12.3. The highest BCUT2D eigenvalue weighted by Crippen LogP contribution is 2.24. The van der Waals surface area contributed by atoms with Crippen LogP contribution in [0.3, 0.4) is 0 Å². The van der Waals surface area contributed by atoms with Crippen LogP contribution in [-0.2, 0) is 16.1 Å². The quantitative estimate of drug-likeness (QED) is 0.739. The molecule has 1 aromatic rings. The minimum absolute atomic E-state index is 0. The summed E-state index contributed by atoms with van der Waals surface area (Å²) in [7, 11) is 1.57. The van der Waals surface area contributed by atoms with E-state index in [1.165, 1.54) is 4.68 Å². The number of carbonyl (C=O) groups excluding carboxylic acids is 2. The first-order valence-electron chi connectivity index (χ1n) is 6.89. The molecule has 0 radical (unpaired) electrons. The molecular weight excluding hydrogens is 294 g/mol. The zero-order valence-corrected chi connectivity index (χ0v) is 13.1. The van der Waals surface area contributed by atoms with E-state index in [-0.39, 0.29) is 30.8 Å². The van der Waals surface area contributed by atoms with Crippen LogP contribution in [0.2, 0.25) is 0 Å². The van der Waals surface area contributed by atoms with E-state index >= 15 is 0 Å². The summed E-state index contributed by atoms with van der Waals surface area (Å²) in [4.78, 5) is 23.6. The molecule has 118 valence electrons. The third-order valence-corrected chi connectivity index (χ3v) is 3.76. The van der Waals surface area contributed by atoms with Crippen molar-refractivity contribution in [2.24, 2.45) is 0 Å². The number of carbonyl (C=O) groups is 2. The number of halogens is 1. The number of hydrogen-bond donors (Lipinski definition) is 3. The summed E-state index contributed by atoms with van der Waals surface area (Å²) in [6.07, 6.45) is 5.83. The van der Waals surface area contributed by atoms with Gasteiger partial charge in [0.15, 0.2) is 0 Å². The molecule has 0 bridgehead atoms. The van der Waals surface area contributed by atoms with Crippen molar-refractivity contribution in [3.8, 4) is 0 Å². The Morgan fingerprint density at radius 3 is 2.86 bits per heavy atom. The van der Waals surface area contributed by atoms with E-state index in [0.29, 0.717) is 5.69 Å². The average Bonchev–Trinajstić information content (AvgIpc) is 3.08. The summed E-state index contributed by atoms with van der Waals surface area (Å²) >= 11 is 0. The van der Waals surface area contributed by atoms with E-state index in [2.05, 4.69) is 21.0 Å². The Bertz CT molecular complexity index is 497. The lowest BCUT2D eigenvalue weighted by atomic mass is 9.93. The fourth-order valence-electron chi connectivity index (χ4n) is 2.45. The molecule has 2 amide bonds. The van der Waals surface area contributed by atoms with Crippen LogP contribution in [-0.4, -0.2) is 40.7 Å². The van der Waals surface area contributed by atoms with Crippen LogP contribution >= 0.6 is 12.4 Å². The molecule has 1 aromatic heterocycles. The predicted octanol–water partition coefficient (Wildman–Crippen LogP) is 0.522. The second kappa shape index (κ2) is 7.42. The SMILES string of the molecule is CCC1(C(=O)Nc2cnn(CC(=O)NC)c2)CCCN1.Cl. The summed E-state index contributed by atoms with van der Waals surface area (Å²) in [6.45, 7) is 3.02. The topological polar surface area (TPSA) is 88.0 Å². The first kappa shape index (κ1) is 17.5. The minimum atomic E-state index is -0.469. The van der Waals surface area contributed by atoms with Crippen LogP contribution in [0.15, 0.2) is 12.4 Å². The van der Waals surface area contributed by atoms with Gasteiger partial charge in [-0.3, -0.25) is 14.3 Å². The Morgan fingerprint density at radius 1 is 1.52 bits per heavy atom. The fraction of sp³-hybridized carbons (Fsp3) is 0.615. The summed E-state index contributed by atoms with van der Waals surface area (Å²) in [5, 5.41) is 12.7. The van der Waals surface area contributed by atoms with Gasteiger partial charge in [-0.2, -0.15) is 5.10 Å². The minimum Gasteiger partial charge on any atom is -0.358 e. The van der Waals surface area contributed by atoms with Crippen molar-refractivity contribution in [3.63, 3.8) is 0 Å². The Kier molecular flexibility index (Phi) is 6.17. The monoisotopic (exact) mass is 315 g/mol. The Morgan fingerprint density at radius 2 is 2.29 bits per heavy atom. The first-order valence-corrected chi connectivity index (χ1v) is 6.89. The lowest BCUT2D eigenvalue weighted by Gasteiger charge is -2.26. The number of rotatable bonds is 5. The van der Waals surface area contributed by atoms with Gasteiger partial charge in [0.25, 0.3) is 0 Å². The van der Waals surface area contributed by atoms with Crippen molar-refractivity contribution in [1.82, 2.24) is 20.4 Å². The highest BCUT2D eigenvalue weighted by molar-refractivity contribution is 5.98. The van der Waals surface area contributed by atoms with Crippen molar-refractivity contribution >= 4 is 29.9 Å². The normalized spacial score (nSPS) is 20.7. The fourth-order valence-corrected chi connectivity index (χ4v) is 2.45. The number of amides is 2. The molecule has 1 saturated heterocycles. The van der Waals surface area contributed by atoms with Crippen LogP contribution in [0.1, 0.15) is 26.2 Å². The maximum absolute atomic E-state index is 12.4. The largest absolute Gasteiger partial charge is 0.358 e. The first-order chi connectivity index (χ1) is 9.59. The maximum Gasteiger partial charge on any atom is 0.244 e. The second-order valence-electron chi connectivity index (χ2n) is 5.02. The molecule has 1 fully saturated rings. The van der Waals surface area contributed by atoms with Gasteiger partial charge in [0.2, 0.25) is 11.8 Å². The number of anilines is 1. The van der Waals surface area contributed by atoms with Crippen LogP contribution in [0, 0.1) is 0 Å². The molecule has 0 spiro atoms. The van der Waals surface area contributed by atoms with Crippen molar-refractivity contribution in [2.75, 3.05) is 18.9 Å². The number of hydrogen-bond acceptors (Lipinski definition) is 4. The number of aromatic nitrogens is 2. The third-order valence-electron chi connectivity index (χ3n) is 3.76. The van der Waals surface area contributed by atoms with Gasteiger partial charge >= 0.3 is 0 Å². The Labute approximate surface area is 130 Å². The number of nitrogens with zero attached hydrogens (tertiary/aromatic N) is 2. The molecule has 0 saturated carbocycles. The highest BCUT2D eigenvalue weighted by atomic mass is 35.5. The molecule has 1 unspecified atom stereocenters. The van der Waals surface area contributed by atoms with Crippen molar-refractivity contribution in [1.29, 1.82) is 0 Å². The molecule has 0 aromatic carbocycles. The standard InChI is InChI=1S/C13H21N5O2.ClH/c1-3-13(5-4-6-15-13)12(20)17-10-7-16-18(8-10)9-11(19)14-2;/h7-8,15H,3-6,9H2,1-2H3,(H,14,19)(H,17,20);1H. The van der Waals surface area contributed by atoms with Gasteiger partial charge < -0.3 is 16.0 Å².